The average Bonchev–Trinajstić information content (AvgIpc) is 2.92. The van der Waals surface area contributed by atoms with Crippen LogP contribution in [-0.2, 0) is 0 Å². The topological polar surface area (TPSA) is 54.6 Å². The van der Waals surface area contributed by atoms with E-state index in [9.17, 15) is 4.79 Å². The van der Waals surface area contributed by atoms with Crippen LogP contribution in [0.25, 0.3) is 0 Å². The van der Waals surface area contributed by atoms with Gasteiger partial charge < -0.3 is 4.42 Å². The summed E-state index contributed by atoms with van der Waals surface area (Å²) in [7, 11) is 0. The van der Waals surface area contributed by atoms with Crippen molar-refractivity contribution in [1.29, 1.82) is 0 Å². The zero-order chi connectivity index (χ0) is 13.8. The molecule has 0 saturated carbocycles. The summed E-state index contributed by atoms with van der Waals surface area (Å²) in [5.41, 5.74) is 3.37. The Morgan fingerprint density at radius 1 is 1.26 bits per heavy atom. The molecule has 1 aromatic carbocycles. The zero-order valence-electron chi connectivity index (χ0n) is 9.98. The summed E-state index contributed by atoms with van der Waals surface area (Å²) < 4.78 is 5.15. The van der Waals surface area contributed by atoms with Crippen molar-refractivity contribution in [2.24, 2.45) is 5.10 Å². The first-order chi connectivity index (χ1) is 9.08. The number of furan rings is 1. The van der Waals surface area contributed by atoms with Gasteiger partial charge in [0, 0.05) is 5.56 Å². The van der Waals surface area contributed by atoms with E-state index in [-0.39, 0.29) is 5.91 Å². The van der Waals surface area contributed by atoms with E-state index in [0.717, 1.165) is 0 Å². The number of benzene rings is 1. The number of nitrogens with one attached hydrogen (secondary N) is 1. The summed E-state index contributed by atoms with van der Waals surface area (Å²) in [5.74, 6) is 0.221. The Balaban J connectivity index is 2.09. The third-order valence-electron chi connectivity index (χ3n) is 2.38. The smallest absolute Gasteiger partial charge is 0.271 e. The number of carbonyl (C=O) groups excluding carboxylic acids is 1. The third kappa shape index (κ3) is 3.36. The predicted molar refractivity (Wildman–Crippen MR) is 74.8 cm³/mol. The van der Waals surface area contributed by atoms with Gasteiger partial charge in [-0.2, -0.15) is 5.10 Å². The first-order valence-corrected chi connectivity index (χ1v) is 6.17. The normalized spacial score (nSPS) is 11.4. The Kier molecular flexibility index (Phi) is 4.24. The molecule has 0 bridgehead atoms. The van der Waals surface area contributed by atoms with E-state index in [1.54, 1.807) is 31.2 Å². The molecule has 0 aliphatic heterocycles. The van der Waals surface area contributed by atoms with E-state index in [1.165, 1.54) is 12.3 Å². The molecule has 1 aromatic heterocycles. The number of carbonyl (C=O) groups is 1. The van der Waals surface area contributed by atoms with E-state index in [1.807, 2.05) is 0 Å². The Morgan fingerprint density at radius 3 is 2.68 bits per heavy atom. The molecule has 0 aliphatic rings. The van der Waals surface area contributed by atoms with Gasteiger partial charge in [0.05, 0.1) is 16.3 Å². The van der Waals surface area contributed by atoms with Gasteiger partial charge in [0.1, 0.15) is 11.5 Å². The highest BCUT2D eigenvalue weighted by molar-refractivity contribution is 6.42. The summed E-state index contributed by atoms with van der Waals surface area (Å²) in [6.07, 6.45) is 1.54. The Morgan fingerprint density at radius 2 is 2.05 bits per heavy atom. The average molecular weight is 297 g/mol. The fraction of sp³-hybridized carbons (Fsp3) is 0.0769. The van der Waals surface area contributed by atoms with E-state index >= 15 is 0 Å². The second-order valence-corrected chi connectivity index (χ2v) is 4.56. The standard InChI is InChI=1S/C13H10Cl2N2O2/c1-8(12-3-2-6-19-12)16-17-13(18)9-4-5-10(14)11(15)7-9/h2-7H,1H3,(H,17,18). The van der Waals surface area contributed by atoms with E-state index < -0.39 is 0 Å². The lowest BCUT2D eigenvalue weighted by Crippen LogP contribution is -2.19. The van der Waals surface area contributed by atoms with Crippen molar-refractivity contribution in [3.8, 4) is 0 Å². The number of hydrogen-bond acceptors (Lipinski definition) is 3. The fourth-order valence-electron chi connectivity index (χ4n) is 1.38. The van der Waals surface area contributed by atoms with Crippen LogP contribution >= 0.6 is 23.2 Å². The molecule has 98 valence electrons. The molecule has 0 fully saturated rings. The van der Waals surface area contributed by atoms with E-state index in [4.69, 9.17) is 27.6 Å². The number of hydrogen-bond donors (Lipinski definition) is 1. The molecular formula is C13H10Cl2N2O2. The van der Waals surface area contributed by atoms with Crippen LogP contribution in [-0.4, -0.2) is 11.6 Å². The van der Waals surface area contributed by atoms with Crippen LogP contribution in [0.1, 0.15) is 23.0 Å². The number of halogens is 2. The van der Waals surface area contributed by atoms with Crippen molar-refractivity contribution >= 4 is 34.8 Å². The van der Waals surface area contributed by atoms with Crippen LogP contribution in [0, 0.1) is 0 Å². The highest BCUT2D eigenvalue weighted by Crippen LogP contribution is 2.22. The molecule has 4 nitrogen and oxygen atoms in total. The van der Waals surface area contributed by atoms with Crippen LogP contribution in [0.2, 0.25) is 10.0 Å². The predicted octanol–water partition coefficient (Wildman–Crippen LogP) is 3.74. The largest absolute Gasteiger partial charge is 0.463 e. The van der Waals surface area contributed by atoms with Crippen molar-refractivity contribution < 1.29 is 9.21 Å². The molecule has 0 aliphatic carbocycles. The third-order valence-corrected chi connectivity index (χ3v) is 3.12. The van der Waals surface area contributed by atoms with Gasteiger partial charge in [0.2, 0.25) is 0 Å². The van der Waals surface area contributed by atoms with Gasteiger partial charge >= 0.3 is 0 Å². The molecular weight excluding hydrogens is 287 g/mol. The van der Waals surface area contributed by atoms with Gasteiger partial charge in [-0.15, -0.1) is 0 Å². The highest BCUT2D eigenvalue weighted by atomic mass is 35.5. The minimum Gasteiger partial charge on any atom is -0.463 e. The first kappa shape index (κ1) is 13.6. The van der Waals surface area contributed by atoms with Gasteiger partial charge in [-0.05, 0) is 37.3 Å². The van der Waals surface area contributed by atoms with Gasteiger partial charge in [-0.3, -0.25) is 4.79 Å². The van der Waals surface area contributed by atoms with E-state index in [0.29, 0.717) is 27.1 Å². The van der Waals surface area contributed by atoms with Gasteiger partial charge in [-0.25, -0.2) is 5.43 Å². The van der Waals surface area contributed by atoms with Gasteiger partial charge in [-0.1, -0.05) is 23.2 Å². The highest BCUT2D eigenvalue weighted by Gasteiger charge is 2.08. The summed E-state index contributed by atoms with van der Waals surface area (Å²) >= 11 is 11.6. The quantitative estimate of drug-likeness (QED) is 0.693. The number of rotatable bonds is 3. The number of nitrogens with zero attached hydrogens (tertiary/aromatic N) is 1. The summed E-state index contributed by atoms with van der Waals surface area (Å²) in [5, 5.41) is 4.66. The zero-order valence-corrected chi connectivity index (χ0v) is 11.5. The molecule has 1 heterocycles. The van der Waals surface area contributed by atoms with Crippen LogP contribution in [0.5, 0.6) is 0 Å². The summed E-state index contributed by atoms with van der Waals surface area (Å²) in [4.78, 5) is 11.8. The molecule has 2 aromatic rings. The first-order valence-electron chi connectivity index (χ1n) is 5.41. The molecule has 2 rings (SSSR count). The molecule has 0 radical (unpaired) electrons. The molecule has 1 amide bonds. The molecule has 0 saturated heterocycles. The van der Waals surface area contributed by atoms with Crippen LogP contribution in [0.3, 0.4) is 0 Å². The summed E-state index contributed by atoms with van der Waals surface area (Å²) in [6.45, 7) is 1.73. The SMILES string of the molecule is CC(=NNC(=O)c1ccc(Cl)c(Cl)c1)c1ccco1. The van der Waals surface area contributed by atoms with Crippen LogP contribution < -0.4 is 5.43 Å². The fourth-order valence-corrected chi connectivity index (χ4v) is 1.67. The maximum absolute atomic E-state index is 11.8. The molecule has 0 unspecified atom stereocenters. The second kappa shape index (κ2) is 5.91. The van der Waals surface area contributed by atoms with Gasteiger partial charge in [0.15, 0.2) is 0 Å². The molecule has 6 heteroatoms. The monoisotopic (exact) mass is 296 g/mol. The molecule has 0 atom stereocenters. The minimum atomic E-state index is -0.371. The molecule has 19 heavy (non-hydrogen) atoms. The summed E-state index contributed by atoms with van der Waals surface area (Å²) in [6, 6.07) is 8.11. The van der Waals surface area contributed by atoms with Crippen molar-refractivity contribution in [3.05, 3.63) is 58.0 Å². The minimum absolute atomic E-state index is 0.320. The van der Waals surface area contributed by atoms with Crippen molar-refractivity contribution in [2.75, 3.05) is 0 Å². The maximum Gasteiger partial charge on any atom is 0.271 e. The Hall–Kier alpha value is -1.78. The molecule has 0 spiro atoms. The van der Waals surface area contributed by atoms with Crippen molar-refractivity contribution in [3.63, 3.8) is 0 Å². The molecule has 1 N–H and O–H groups in total. The number of amides is 1. The number of hydrazone groups is 1. The lowest BCUT2D eigenvalue weighted by Gasteiger charge is -2.02. The lowest BCUT2D eigenvalue weighted by atomic mass is 10.2. The van der Waals surface area contributed by atoms with Crippen LogP contribution in [0.15, 0.2) is 46.1 Å². The maximum atomic E-state index is 11.8. The van der Waals surface area contributed by atoms with Crippen molar-refractivity contribution in [1.82, 2.24) is 5.43 Å². The van der Waals surface area contributed by atoms with E-state index in [2.05, 4.69) is 10.5 Å². The lowest BCUT2D eigenvalue weighted by molar-refractivity contribution is 0.0955. The Bertz CT molecular complexity index is 622. The van der Waals surface area contributed by atoms with Crippen LogP contribution in [0.4, 0.5) is 0 Å². The Labute approximate surface area is 120 Å². The second-order valence-electron chi connectivity index (χ2n) is 3.74. The van der Waals surface area contributed by atoms with Gasteiger partial charge in [0.25, 0.3) is 5.91 Å². The van der Waals surface area contributed by atoms with Crippen molar-refractivity contribution in [2.45, 2.75) is 6.92 Å².